The second-order valence-electron chi connectivity index (χ2n) is 4.82. The summed E-state index contributed by atoms with van der Waals surface area (Å²) < 4.78 is 26.3. The lowest BCUT2D eigenvalue weighted by Crippen LogP contribution is -2.17. The third-order valence-corrected chi connectivity index (χ3v) is 5.84. The highest BCUT2D eigenvalue weighted by Crippen LogP contribution is 2.34. The number of benzene rings is 2. The van der Waals surface area contributed by atoms with Gasteiger partial charge in [-0.3, -0.25) is 0 Å². The van der Waals surface area contributed by atoms with Crippen molar-refractivity contribution in [2.75, 3.05) is 5.32 Å². The number of anilines is 1. The van der Waals surface area contributed by atoms with Gasteiger partial charge in [0.15, 0.2) is 10.1 Å². The summed E-state index contributed by atoms with van der Waals surface area (Å²) in [5, 5.41) is 12.3. The predicted octanol–water partition coefficient (Wildman–Crippen LogP) is 4.35. The lowest BCUT2D eigenvalue weighted by atomic mass is 10.2. The van der Waals surface area contributed by atoms with Gasteiger partial charge < -0.3 is 5.32 Å². The van der Waals surface area contributed by atoms with Crippen molar-refractivity contribution in [3.8, 4) is 6.07 Å². The molecule has 0 aliphatic carbocycles. The standard InChI is InChI=1S/C16H9BrClN3O2S/c17-10-5-7-11(8-6-10)24(22,23)14(9-19)15-16(18)21-13-4-2-1-3-12(13)20-15/h1-8,20H/b15-14-. The molecule has 3 rings (SSSR count). The Morgan fingerprint density at radius 1 is 1.17 bits per heavy atom. The van der Waals surface area contributed by atoms with Crippen LogP contribution in [-0.2, 0) is 9.84 Å². The van der Waals surface area contributed by atoms with Crippen LogP contribution in [-0.4, -0.2) is 13.6 Å². The third kappa shape index (κ3) is 2.96. The van der Waals surface area contributed by atoms with E-state index in [0.29, 0.717) is 11.4 Å². The van der Waals surface area contributed by atoms with Crippen LogP contribution in [0.1, 0.15) is 0 Å². The number of hydrogen-bond acceptors (Lipinski definition) is 5. The van der Waals surface area contributed by atoms with Gasteiger partial charge in [0, 0.05) is 4.47 Å². The number of fused-ring (bicyclic) bond motifs is 1. The molecule has 120 valence electrons. The SMILES string of the molecule is N#C/C(=C1/Nc2ccccc2N=C1Cl)S(=O)(=O)c1ccc(Br)cc1. The average Bonchev–Trinajstić information content (AvgIpc) is 2.56. The number of sulfone groups is 1. The lowest BCUT2D eigenvalue weighted by Gasteiger charge is -2.18. The van der Waals surface area contributed by atoms with Crippen LogP contribution >= 0.6 is 27.5 Å². The number of rotatable bonds is 2. The molecule has 0 amide bonds. The molecule has 2 aromatic rings. The first-order chi connectivity index (χ1) is 11.4. The summed E-state index contributed by atoms with van der Waals surface area (Å²) in [5.41, 5.74) is 1.13. The molecule has 0 saturated carbocycles. The molecule has 2 aromatic carbocycles. The summed E-state index contributed by atoms with van der Waals surface area (Å²) in [6.07, 6.45) is 0. The van der Waals surface area contributed by atoms with E-state index in [9.17, 15) is 13.7 Å². The highest BCUT2D eigenvalue weighted by molar-refractivity contribution is 9.10. The maximum atomic E-state index is 12.8. The molecule has 0 saturated heterocycles. The van der Waals surface area contributed by atoms with E-state index in [1.54, 1.807) is 42.5 Å². The maximum absolute atomic E-state index is 12.8. The quantitative estimate of drug-likeness (QED) is 0.729. The predicted molar refractivity (Wildman–Crippen MR) is 97.0 cm³/mol. The van der Waals surface area contributed by atoms with Crippen LogP contribution in [0.5, 0.6) is 0 Å². The van der Waals surface area contributed by atoms with E-state index < -0.39 is 14.7 Å². The smallest absolute Gasteiger partial charge is 0.218 e. The van der Waals surface area contributed by atoms with Crippen molar-refractivity contribution >= 4 is 53.9 Å². The van der Waals surface area contributed by atoms with Gasteiger partial charge in [-0.15, -0.1) is 0 Å². The minimum absolute atomic E-state index is 0.000115. The number of nitriles is 1. The Kier molecular flexibility index (Phi) is 4.45. The van der Waals surface area contributed by atoms with Crippen LogP contribution in [0.3, 0.4) is 0 Å². The molecule has 0 spiro atoms. The first kappa shape index (κ1) is 16.7. The average molecular weight is 423 g/mol. The molecule has 0 unspecified atom stereocenters. The Balaban J connectivity index is 2.17. The molecule has 1 N–H and O–H groups in total. The molecule has 0 bridgehead atoms. The Morgan fingerprint density at radius 3 is 2.50 bits per heavy atom. The Labute approximate surface area is 152 Å². The number of nitrogens with one attached hydrogen (secondary N) is 1. The van der Waals surface area contributed by atoms with Crippen molar-refractivity contribution in [3.63, 3.8) is 0 Å². The highest BCUT2D eigenvalue weighted by Gasteiger charge is 2.29. The topological polar surface area (TPSA) is 82.3 Å². The first-order valence-electron chi connectivity index (χ1n) is 6.69. The zero-order valence-electron chi connectivity index (χ0n) is 12.0. The van der Waals surface area contributed by atoms with Gasteiger partial charge in [-0.2, -0.15) is 5.26 Å². The molecule has 8 heteroatoms. The summed E-state index contributed by atoms with van der Waals surface area (Å²) in [4.78, 5) is 3.68. The number of aliphatic imine (C=N–C) groups is 1. The van der Waals surface area contributed by atoms with Gasteiger partial charge in [0.2, 0.25) is 9.84 Å². The van der Waals surface area contributed by atoms with Gasteiger partial charge in [0.25, 0.3) is 0 Å². The van der Waals surface area contributed by atoms with Crippen molar-refractivity contribution in [2.45, 2.75) is 4.90 Å². The third-order valence-electron chi connectivity index (χ3n) is 3.31. The Hall–Kier alpha value is -2.14. The van der Waals surface area contributed by atoms with Crippen LogP contribution in [0.15, 0.2) is 73.5 Å². The summed E-state index contributed by atoms with van der Waals surface area (Å²) >= 11 is 9.36. The number of allylic oxidation sites excluding steroid dienone is 2. The van der Waals surface area contributed by atoms with Crippen LogP contribution in [0.2, 0.25) is 0 Å². The number of nitrogens with zero attached hydrogens (tertiary/aromatic N) is 2. The van der Waals surface area contributed by atoms with E-state index in [4.69, 9.17) is 11.6 Å². The monoisotopic (exact) mass is 421 g/mol. The van der Waals surface area contributed by atoms with Gasteiger partial charge in [-0.25, -0.2) is 13.4 Å². The zero-order chi connectivity index (χ0) is 17.3. The summed E-state index contributed by atoms with van der Waals surface area (Å²) in [6, 6.07) is 14.8. The van der Waals surface area contributed by atoms with Crippen molar-refractivity contribution in [1.82, 2.24) is 0 Å². The molecule has 0 aromatic heterocycles. The van der Waals surface area contributed by atoms with E-state index in [0.717, 1.165) is 4.47 Å². The van der Waals surface area contributed by atoms with Crippen LogP contribution in [0.25, 0.3) is 0 Å². The molecular formula is C16H9BrClN3O2S. The van der Waals surface area contributed by atoms with E-state index in [-0.39, 0.29) is 15.8 Å². The van der Waals surface area contributed by atoms with E-state index >= 15 is 0 Å². The lowest BCUT2D eigenvalue weighted by molar-refractivity contribution is 0.603. The van der Waals surface area contributed by atoms with E-state index in [1.807, 2.05) is 0 Å². The van der Waals surface area contributed by atoms with Gasteiger partial charge in [-0.1, -0.05) is 39.7 Å². The van der Waals surface area contributed by atoms with Crippen LogP contribution in [0.4, 0.5) is 11.4 Å². The minimum atomic E-state index is -4.03. The van der Waals surface area contributed by atoms with Crippen LogP contribution in [0, 0.1) is 11.3 Å². The van der Waals surface area contributed by atoms with Crippen molar-refractivity contribution in [3.05, 3.63) is 63.6 Å². The maximum Gasteiger partial charge on any atom is 0.218 e. The summed E-state index contributed by atoms with van der Waals surface area (Å²) in [5.74, 6) is 0. The van der Waals surface area contributed by atoms with Gasteiger partial charge in [0.05, 0.1) is 16.3 Å². The fourth-order valence-corrected chi connectivity index (χ4v) is 3.98. The molecule has 0 radical (unpaired) electrons. The summed E-state index contributed by atoms with van der Waals surface area (Å²) in [7, 11) is -4.03. The number of para-hydroxylation sites is 2. The largest absolute Gasteiger partial charge is 0.350 e. The van der Waals surface area contributed by atoms with Crippen molar-refractivity contribution in [2.24, 2.45) is 4.99 Å². The Bertz CT molecular complexity index is 1020. The van der Waals surface area contributed by atoms with Gasteiger partial charge in [-0.05, 0) is 36.4 Å². The molecule has 5 nitrogen and oxygen atoms in total. The first-order valence-corrected chi connectivity index (χ1v) is 9.34. The van der Waals surface area contributed by atoms with Crippen molar-refractivity contribution in [1.29, 1.82) is 5.26 Å². The number of hydrogen-bond donors (Lipinski definition) is 1. The summed E-state index contributed by atoms with van der Waals surface area (Å²) in [6.45, 7) is 0. The van der Waals surface area contributed by atoms with Gasteiger partial charge in [0.1, 0.15) is 11.8 Å². The molecule has 0 fully saturated rings. The van der Waals surface area contributed by atoms with Crippen LogP contribution < -0.4 is 5.32 Å². The molecule has 0 atom stereocenters. The second kappa shape index (κ2) is 6.40. The molecule has 1 aliphatic rings. The normalized spacial score (nSPS) is 15.6. The molecular weight excluding hydrogens is 414 g/mol. The minimum Gasteiger partial charge on any atom is -0.350 e. The second-order valence-corrected chi connectivity index (χ2v) is 7.98. The zero-order valence-corrected chi connectivity index (χ0v) is 15.2. The fraction of sp³-hybridized carbons (Fsp3) is 0. The van der Waals surface area contributed by atoms with Crippen molar-refractivity contribution < 1.29 is 8.42 Å². The van der Waals surface area contributed by atoms with E-state index in [2.05, 4.69) is 26.2 Å². The van der Waals surface area contributed by atoms with Gasteiger partial charge >= 0.3 is 0 Å². The molecule has 1 aliphatic heterocycles. The van der Waals surface area contributed by atoms with E-state index in [1.165, 1.54) is 12.1 Å². The Morgan fingerprint density at radius 2 is 1.83 bits per heavy atom. The number of halogens is 2. The fourth-order valence-electron chi connectivity index (χ4n) is 2.16. The molecule has 1 heterocycles. The highest BCUT2D eigenvalue weighted by atomic mass is 79.9. The molecule has 24 heavy (non-hydrogen) atoms.